The minimum absolute atomic E-state index is 0.144. The maximum atomic E-state index is 12.3. The van der Waals surface area contributed by atoms with Crippen molar-refractivity contribution in [2.75, 3.05) is 6.54 Å². The minimum atomic E-state index is 0.144. The lowest BCUT2D eigenvalue weighted by molar-refractivity contribution is -0.122. The molecule has 1 N–H and O–H groups in total. The number of rotatable bonds is 6. The van der Waals surface area contributed by atoms with Crippen LogP contribution < -0.4 is 5.32 Å². The third kappa shape index (κ3) is 3.36. The maximum Gasteiger partial charge on any atom is 0.224 e. The molecule has 1 heterocycles. The molecule has 122 valence electrons. The van der Waals surface area contributed by atoms with Crippen molar-refractivity contribution >= 4 is 5.91 Å². The lowest BCUT2D eigenvalue weighted by atomic mass is 9.86. The van der Waals surface area contributed by atoms with E-state index in [0.29, 0.717) is 11.8 Å². The van der Waals surface area contributed by atoms with Crippen molar-refractivity contribution in [3.8, 4) is 0 Å². The molecule has 2 aliphatic carbocycles. The van der Waals surface area contributed by atoms with Crippen LogP contribution in [0.2, 0.25) is 0 Å². The Morgan fingerprint density at radius 3 is 2.82 bits per heavy atom. The van der Waals surface area contributed by atoms with Gasteiger partial charge in [0, 0.05) is 37.3 Å². The normalized spacial score (nSPS) is 28.5. The fourth-order valence-corrected chi connectivity index (χ4v) is 4.20. The van der Waals surface area contributed by atoms with Gasteiger partial charge in [-0.1, -0.05) is 39.0 Å². The van der Waals surface area contributed by atoms with Crippen molar-refractivity contribution in [2.45, 2.75) is 57.8 Å². The number of amides is 1. The van der Waals surface area contributed by atoms with Gasteiger partial charge in [0.1, 0.15) is 0 Å². The van der Waals surface area contributed by atoms with Gasteiger partial charge in [-0.2, -0.15) is 0 Å². The van der Waals surface area contributed by atoms with Gasteiger partial charge in [0.15, 0.2) is 0 Å². The maximum absolute atomic E-state index is 12.3. The van der Waals surface area contributed by atoms with Crippen molar-refractivity contribution in [1.82, 2.24) is 14.9 Å². The number of carbonyl (C=O) groups excluding carboxylic acids is 1. The summed E-state index contributed by atoms with van der Waals surface area (Å²) in [4.78, 5) is 16.5. The topological polar surface area (TPSA) is 46.9 Å². The number of carbonyl (C=O) groups is 1. The van der Waals surface area contributed by atoms with Crippen molar-refractivity contribution < 1.29 is 4.79 Å². The van der Waals surface area contributed by atoms with Crippen LogP contribution in [0.25, 0.3) is 0 Å². The van der Waals surface area contributed by atoms with Gasteiger partial charge in [-0.15, -0.1) is 0 Å². The van der Waals surface area contributed by atoms with Crippen molar-refractivity contribution in [2.24, 2.45) is 24.8 Å². The molecule has 1 aromatic heterocycles. The highest BCUT2D eigenvalue weighted by molar-refractivity contribution is 5.83. The summed E-state index contributed by atoms with van der Waals surface area (Å²) in [5.74, 6) is 2.08. The van der Waals surface area contributed by atoms with E-state index in [1.807, 2.05) is 24.1 Å². The third-order valence-corrected chi connectivity index (χ3v) is 5.69. The Kier molecular flexibility index (Phi) is 4.84. The van der Waals surface area contributed by atoms with E-state index in [0.717, 1.165) is 18.9 Å². The monoisotopic (exact) mass is 303 g/mol. The van der Waals surface area contributed by atoms with Crippen LogP contribution in [-0.2, 0) is 11.8 Å². The van der Waals surface area contributed by atoms with Gasteiger partial charge >= 0.3 is 0 Å². The highest BCUT2D eigenvalue weighted by atomic mass is 16.2. The Labute approximate surface area is 133 Å². The van der Waals surface area contributed by atoms with Gasteiger partial charge < -0.3 is 9.88 Å². The number of hydrogen-bond acceptors (Lipinski definition) is 2. The molecule has 22 heavy (non-hydrogen) atoms. The quantitative estimate of drug-likeness (QED) is 0.820. The smallest absolute Gasteiger partial charge is 0.224 e. The molecular weight excluding hydrogens is 274 g/mol. The Morgan fingerprint density at radius 2 is 2.14 bits per heavy atom. The Morgan fingerprint density at radius 1 is 1.36 bits per heavy atom. The van der Waals surface area contributed by atoms with Crippen LogP contribution in [0.5, 0.6) is 0 Å². The largest absolute Gasteiger partial charge is 0.356 e. The average Bonchev–Trinajstić information content (AvgIpc) is 3.00. The molecule has 2 saturated carbocycles. The Balaban J connectivity index is 1.38. The van der Waals surface area contributed by atoms with E-state index in [2.05, 4.69) is 17.2 Å². The molecule has 2 fully saturated rings. The van der Waals surface area contributed by atoms with E-state index in [-0.39, 0.29) is 11.8 Å². The first-order valence-electron chi connectivity index (χ1n) is 8.92. The standard InChI is InChI=1S/C18H29N3O/c1-13-16(15-11-19-12-21(15)2)17(13)18(22)20-10-6-9-14-7-4-3-5-8-14/h11-14,16-17H,3-10H2,1-2H3,(H,20,22). The van der Waals surface area contributed by atoms with Crippen LogP contribution in [0.1, 0.15) is 63.5 Å². The lowest BCUT2D eigenvalue weighted by Gasteiger charge is -2.21. The molecule has 0 radical (unpaired) electrons. The minimum Gasteiger partial charge on any atom is -0.356 e. The molecule has 2 aliphatic rings. The number of aromatic nitrogens is 2. The summed E-state index contributed by atoms with van der Waals surface area (Å²) in [5.41, 5.74) is 1.19. The summed E-state index contributed by atoms with van der Waals surface area (Å²) in [6.45, 7) is 3.01. The molecule has 4 heteroatoms. The fraction of sp³-hybridized carbons (Fsp3) is 0.778. The molecule has 3 rings (SSSR count). The van der Waals surface area contributed by atoms with Gasteiger partial charge in [-0.25, -0.2) is 4.98 Å². The first kappa shape index (κ1) is 15.6. The zero-order valence-corrected chi connectivity index (χ0v) is 13.9. The predicted molar refractivity (Wildman–Crippen MR) is 87.4 cm³/mol. The highest BCUT2D eigenvalue weighted by Gasteiger charge is 2.53. The molecule has 0 aliphatic heterocycles. The second-order valence-corrected chi connectivity index (χ2v) is 7.28. The number of hydrogen-bond donors (Lipinski definition) is 1. The van der Waals surface area contributed by atoms with Crippen molar-refractivity contribution in [3.05, 3.63) is 18.2 Å². The lowest BCUT2D eigenvalue weighted by Crippen LogP contribution is -2.27. The SMILES string of the molecule is CC1C(C(=O)NCCCC2CCCCC2)C1c1cncn1C. The van der Waals surface area contributed by atoms with Crippen LogP contribution in [0.15, 0.2) is 12.5 Å². The second kappa shape index (κ2) is 6.84. The number of aryl methyl sites for hydroxylation is 1. The molecule has 4 nitrogen and oxygen atoms in total. The first-order valence-corrected chi connectivity index (χ1v) is 8.92. The third-order valence-electron chi connectivity index (χ3n) is 5.69. The van der Waals surface area contributed by atoms with Gasteiger partial charge in [0.2, 0.25) is 5.91 Å². The summed E-state index contributed by atoms with van der Waals surface area (Å²) >= 11 is 0. The average molecular weight is 303 g/mol. The van der Waals surface area contributed by atoms with Gasteiger partial charge in [0.05, 0.1) is 6.33 Å². The number of nitrogens with zero attached hydrogens (tertiary/aromatic N) is 2. The van der Waals surface area contributed by atoms with Crippen molar-refractivity contribution in [3.63, 3.8) is 0 Å². The summed E-state index contributed by atoms with van der Waals surface area (Å²) in [6, 6.07) is 0. The number of imidazole rings is 1. The van der Waals surface area contributed by atoms with Gasteiger partial charge in [0.25, 0.3) is 0 Å². The first-order chi connectivity index (χ1) is 10.7. The summed E-state index contributed by atoms with van der Waals surface area (Å²) in [7, 11) is 2.01. The zero-order chi connectivity index (χ0) is 15.5. The molecule has 1 aromatic rings. The molecule has 0 saturated heterocycles. The predicted octanol–water partition coefficient (Wildman–Crippen LogP) is 3.25. The highest BCUT2D eigenvalue weighted by Crippen LogP contribution is 2.53. The molecular formula is C18H29N3O. The van der Waals surface area contributed by atoms with Crippen LogP contribution in [0, 0.1) is 17.8 Å². The van der Waals surface area contributed by atoms with E-state index in [1.54, 1.807) is 0 Å². The van der Waals surface area contributed by atoms with Gasteiger partial charge in [-0.05, 0) is 24.7 Å². The molecule has 0 aromatic carbocycles. The van der Waals surface area contributed by atoms with E-state index in [4.69, 9.17) is 0 Å². The summed E-state index contributed by atoms with van der Waals surface area (Å²) in [5, 5.41) is 3.16. The fourth-order valence-electron chi connectivity index (χ4n) is 4.20. The Hall–Kier alpha value is -1.32. The molecule has 1 amide bonds. The number of nitrogens with one attached hydrogen (secondary N) is 1. The second-order valence-electron chi connectivity index (χ2n) is 7.28. The molecule has 3 unspecified atom stereocenters. The van der Waals surface area contributed by atoms with Gasteiger partial charge in [-0.3, -0.25) is 4.79 Å². The molecule has 3 atom stereocenters. The van der Waals surface area contributed by atoms with Crippen molar-refractivity contribution in [1.29, 1.82) is 0 Å². The van der Waals surface area contributed by atoms with Crippen LogP contribution >= 0.6 is 0 Å². The van der Waals surface area contributed by atoms with Crippen LogP contribution in [-0.4, -0.2) is 22.0 Å². The van der Waals surface area contributed by atoms with E-state index in [1.165, 1.54) is 44.2 Å². The van der Waals surface area contributed by atoms with E-state index >= 15 is 0 Å². The zero-order valence-electron chi connectivity index (χ0n) is 13.9. The summed E-state index contributed by atoms with van der Waals surface area (Å²) in [6.07, 6.45) is 13.2. The molecule has 0 spiro atoms. The van der Waals surface area contributed by atoms with Crippen LogP contribution in [0.3, 0.4) is 0 Å². The summed E-state index contributed by atoms with van der Waals surface area (Å²) < 4.78 is 2.04. The van der Waals surface area contributed by atoms with Crippen LogP contribution in [0.4, 0.5) is 0 Å². The van der Waals surface area contributed by atoms with E-state index < -0.39 is 0 Å². The molecule has 0 bridgehead atoms. The Bertz CT molecular complexity index is 504. The van der Waals surface area contributed by atoms with E-state index in [9.17, 15) is 4.79 Å².